The maximum absolute atomic E-state index is 5.45. The molecule has 0 atom stereocenters. The molecule has 108 valence electrons. The van der Waals surface area contributed by atoms with Crippen LogP contribution in [0.2, 0.25) is 0 Å². The lowest BCUT2D eigenvalue weighted by molar-refractivity contribution is 0.408. The van der Waals surface area contributed by atoms with E-state index in [1.807, 2.05) is 7.05 Å². The highest BCUT2D eigenvalue weighted by Gasteiger charge is 2.09. The zero-order chi connectivity index (χ0) is 14.3. The second kappa shape index (κ2) is 8.18. The topological polar surface area (TPSA) is 33.3 Å². The Morgan fingerprint density at radius 2 is 1.74 bits per heavy atom. The third-order valence-corrected chi connectivity index (χ3v) is 3.68. The molecule has 0 aliphatic heterocycles. The monoisotopic (exact) mass is 264 g/mol. The summed E-state index contributed by atoms with van der Waals surface area (Å²) in [6, 6.07) is 2.24. The lowest BCUT2D eigenvalue weighted by atomic mass is 9.98. The first-order chi connectivity index (χ1) is 9.11. The Labute approximate surface area is 117 Å². The minimum Gasteiger partial charge on any atom is -0.496 e. The molecule has 0 aromatic heterocycles. The number of rotatable bonds is 8. The van der Waals surface area contributed by atoms with Gasteiger partial charge in [-0.15, -0.1) is 0 Å². The van der Waals surface area contributed by atoms with Gasteiger partial charge in [0.1, 0.15) is 5.75 Å². The van der Waals surface area contributed by atoms with Crippen molar-refractivity contribution in [3.8, 4) is 5.75 Å². The Balaban J connectivity index is 2.55. The fourth-order valence-corrected chi connectivity index (χ4v) is 2.41. The van der Waals surface area contributed by atoms with Crippen molar-refractivity contribution in [2.45, 2.75) is 40.2 Å². The average Bonchev–Trinajstić information content (AvgIpc) is 2.39. The van der Waals surface area contributed by atoms with Crippen molar-refractivity contribution in [1.82, 2.24) is 10.6 Å². The quantitative estimate of drug-likeness (QED) is 0.708. The van der Waals surface area contributed by atoms with Crippen LogP contribution in [-0.4, -0.2) is 27.2 Å². The normalized spacial score (nSPS) is 10.8. The molecule has 0 amide bonds. The van der Waals surface area contributed by atoms with Crippen molar-refractivity contribution in [3.63, 3.8) is 0 Å². The van der Waals surface area contributed by atoms with Crippen molar-refractivity contribution in [3.05, 3.63) is 28.3 Å². The molecule has 0 saturated carbocycles. The largest absolute Gasteiger partial charge is 0.496 e. The third-order valence-electron chi connectivity index (χ3n) is 3.68. The number of benzene rings is 1. The third kappa shape index (κ3) is 4.51. The highest BCUT2D eigenvalue weighted by molar-refractivity contribution is 5.48. The second-order valence-corrected chi connectivity index (χ2v) is 5.12. The van der Waals surface area contributed by atoms with Crippen LogP contribution in [0.3, 0.4) is 0 Å². The molecule has 1 aromatic carbocycles. The van der Waals surface area contributed by atoms with Crippen molar-refractivity contribution in [2.24, 2.45) is 0 Å². The van der Waals surface area contributed by atoms with Gasteiger partial charge in [-0.2, -0.15) is 0 Å². The Kier molecular flexibility index (Phi) is 6.89. The van der Waals surface area contributed by atoms with Gasteiger partial charge in [-0.25, -0.2) is 0 Å². The maximum atomic E-state index is 5.45. The zero-order valence-electron chi connectivity index (χ0n) is 13.0. The molecule has 0 bridgehead atoms. The molecule has 1 aromatic rings. The van der Waals surface area contributed by atoms with Gasteiger partial charge in [-0.1, -0.05) is 6.07 Å². The molecule has 19 heavy (non-hydrogen) atoms. The number of unbranched alkanes of at least 4 members (excludes halogenated alkanes) is 1. The van der Waals surface area contributed by atoms with Crippen LogP contribution in [-0.2, 0) is 6.54 Å². The number of methoxy groups -OCH3 is 1. The van der Waals surface area contributed by atoms with Gasteiger partial charge in [0.15, 0.2) is 0 Å². The van der Waals surface area contributed by atoms with E-state index in [0.29, 0.717) is 0 Å². The van der Waals surface area contributed by atoms with Crippen LogP contribution in [0, 0.1) is 20.8 Å². The number of nitrogens with one attached hydrogen (secondary N) is 2. The SMILES string of the molecule is CNCCCCNCc1cc(C)c(OC)c(C)c1C. The predicted molar refractivity (Wildman–Crippen MR) is 82.1 cm³/mol. The summed E-state index contributed by atoms with van der Waals surface area (Å²) in [5.41, 5.74) is 5.20. The Morgan fingerprint density at radius 1 is 1.05 bits per heavy atom. The minimum absolute atomic E-state index is 0.942. The van der Waals surface area contributed by atoms with Crippen LogP contribution in [0.15, 0.2) is 6.07 Å². The maximum Gasteiger partial charge on any atom is 0.124 e. The molecule has 0 radical (unpaired) electrons. The van der Waals surface area contributed by atoms with Crippen molar-refractivity contribution in [1.29, 1.82) is 0 Å². The van der Waals surface area contributed by atoms with E-state index >= 15 is 0 Å². The van der Waals surface area contributed by atoms with Gasteiger partial charge in [0.2, 0.25) is 0 Å². The van der Waals surface area contributed by atoms with Gasteiger partial charge in [0.25, 0.3) is 0 Å². The van der Waals surface area contributed by atoms with Gasteiger partial charge in [0, 0.05) is 6.54 Å². The predicted octanol–water partition coefficient (Wildman–Crippen LogP) is 2.71. The standard InChI is InChI=1S/C16H28N2O/c1-12-10-15(11-18-9-7-6-8-17-4)13(2)14(3)16(12)19-5/h10,17-18H,6-9,11H2,1-5H3. The summed E-state index contributed by atoms with van der Waals surface area (Å²) < 4.78 is 5.45. The molecule has 0 aliphatic carbocycles. The van der Waals surface area contributed by atoms with Crippen LogP contribution in [0.4, 0.5) is 0 Å². The molecule has 1 rings (SSSR count). The molecule has 0 fully saturated rings. The molecule has 3 nitrogen and oxygen atoms in total. The van der Waals surface area contributed by atoms with E-state index in [4.69, 9.17) is 4.74 Å². The highest BCUT2D eigenvalue weighted by atomic mass is 16.5. The van der Waals surface area contributed by atoms with Crippen LogP contribution >= 0.6 is 0 Å². The van der Waals surface area contributed by atoms with E-state index in [9.17, 15) is 0 Å². The summed E-state index contributed by atoms with van der Waals surface area (Å²) >= 11 is 0. The Hall–Kier alpha value is -1.06. The van der Waals surface area contributed by atoms with Crippen molar-refractivity contribution < 1.29 is 4.74 Å². The van der Waals surface area contributed by atoms with Gasteiger partial charge in [-0.05, 0) is 76.0 Å². The molecular weight excluding hydrogens is 236 g/mol. The van der Waals surface area contributed by atoms with Crippen LogP contribution < -0.4 is 15.4 Å². The van der Waals surface area contributed by atoms with Crippen molar-refractivity contribution >= 4 is 0 Å². The Morgan fingerprint density at radius 3 is 2.37 bits per heavy atom. The van der Waals surface area contributed by atoms with Gasteiger partial charge in [0.05, 0.1) is 7.11 Å². The van der Waals surface area contributed by atoms with Crippen LogP contribution in [0.25, 0.3) is 0 Å². The first-order valence-electron chi connectivity index (χ1n) is 7.10. The summed E-state index contributed by atoms with van der Waals surface area (Å²) in [7, 11) is 3.74. The smallest absolute Gasteiger partial charge is 0.124 e. The molecule has 3 heteroatoms. The van der Waals surface area contributed by atoms with Crippen molar-refractivity contribution in [2.75, 3.05) is 27.2 Å². The number of hydrogen-bond acceptors (Lipinski definition) is 3. The van der Waals surface area contributed by atoms with E-state index in [1.54, 1.807) is 7.11 Å². The van der Waals surface area contributed by atoms with E-state index in [2.05, 4.69) is 37.5 Å². The molecular formula is C16H28N2O. The number of aryl methyl sites for hydroxylation is 1. The molecule has 0 saturated heterocycles. The fourth-order valence-electron chi connectivity index (χ4n) is 2.41. The summed E-state index contributed by atoms with van der Waals surface area (Å²) in [5, 5.41) is 6.70. The second-order valence-electron chi connectivity index (χ2n) is 5.12. The molecule has 0 spiro atoms. The number of hydrogen-bond donors (Lipinski definition) is 2. The molecule has 0 heterocycles. The highest BCUT2D eigenvalue weighted by Crippen LogP contribution is 2.28. The van der Waals surface area contributed by atoms with E-state index in [-0.39, 0.29) is 0 Å². The van der Waals surface area contributed by atoms with E-state index in [1.165, 1.54) is 35.1 Å². The Bertz CT molecular complexity index is 402. The van der Waals surface area contributed by atoms with E-state index in [0.717, 1.165) is 25.4 Å². The zero-order valence-corrected chi connectivity index (χ0v) is 13.0. The average molecular weight is 264 g/mol. The summed E-state index contributed by atoms with van der Waals surface area (Å²) in [6.07, 6.45) is 2.44. The summed E-state index contributed by atoms with van der Waals surface area (Å²) in [6.45, 7) is 9.54. The van der Waals surface area contributed by atoms with Gasteiger partial charge >= 0.3 is 0 Å². The first kappa shape index (κ1) is 16.0. The number of ether oxygens (including phenoxy) is 1. The molecule has 0 unspecified atom stereocenters. The lowest BCUT2D eigenvalue weighted by Gasteiger charge is -2.16. The fraction of sp³-hybridized carbons (Fsp3) is 0.625. The van der Waals surface area contributed by atoms with E-state index < -0.39 is 0 Å². The van der Waals surface area contributed by atoms with Crippen LogP contribution in [0.5, 0.6) is 5.75 Å². The molecule has 2 N–H and O–H groups in total. The summed E-state index contributed by atoms with van der Waals surface area (Å²) in [4.78, 5) is 0. The first-order valence-corrected chi connectivity index (χ1v) is 7.10. The minimum atomic E-state index is 0.942. The van der Waals surface area contributed by atoms with Gasteiger partial charge < -0.3 is 15.4 Å². The summed E-state index contributed by atoms with van der Waals surface area (Å²) in [5.74, 6) is 1.02. The lowest BCUT2D eigenvalue weighted by Crippen LogP contribution is -2.17. The van der Waals surface area contributed by atoms with Crippen LogP contribution in [0.1, 0.15) is 35.1 Å². The molecule has 0 aliphatic rings. The van der Waals surface area contributed by atoms with Gasteiger partial charge in [-0.3, -0.25) is 0 Å².